The van der Waals surface area contributed by atoms with E-state index in [1.54, 1.807) is 27.0 Å². The van der Waals surface area contributed by atoms with Crippen LogP contribution in [0.5, 0.6) is 0 Å². The van der Waals surface area contributed by atoms with Gasteiger partial charge in [0.2, 0.25) is 0 Å². The third-order valence-corrected chi connectivity index (χ3v) is 2.53. The summed E-state index contributed by atoms with van der Waals surface area (Å²) in [5.74, 6) is 0. The summed E-state index contributed by atoms with van der Waals surface area (Å²) in [7, 11) is 0. The van der Waals surface area contributed by atoms with E-state index in [0.717, 1.165) is 10.2 Å². The molecule has 1 aromatic rings. The lowest BCUT2D eigenvalue weighted by Gasteiger charge is -2.22. The molecular weight excluding hydrogens is 288 g/mol. The number of H-pyrrole nitrogens is 1. The molecule has 1 atom stereocenters. The number of carbonyl (C=O) groups is 1. The Morgan fingerprint density at radius 3 is 2.76 bits per heavy atom. The van der Waals surface area contributed by atoms with Crippen molar-refractivity contribution >= 4 is 22.0 Å². The zero-order valence-corrected chi connectivity index (χ0v) is 11.7. The molecule has 1 unspecified atom stereocenters. The van der Waals surface area contributed by atoms with E-state index >= 15 is 0 Å². The van der Waals surface area contributed by atoms with Gasteiger partial charge < -0.3 is 15.8 Å². The van der Waals surface area contributed by atoms with Crippen molar-refractivity contribution in [2.75, 3.05) is 6.54 Å². The van der Waals surface area contributed by atoms with E-state index in [0.29, 0.717) is 0 Å². The first-order chi connectivity index (χ1) is 7.83. The summed E-state index contributed by atoms with van der Waals surface area (Å²) >= 11 is 3.32. The number of ether oxygens (including phenoxy) is 1. The third-order valence-electron chi connectivity index (χ3n) is 1.90. The number of hydrogen-bond donors (Lipinski definition) is 3. The molecule has 0 aliphatic carbocycles. The first kappa shape index (κ1) is 14.0. The van der Waals surface area contributed by atoms with E-state index in [1.165, 1.54) is 0 Å². The third kappa shape index (κ3) is 4.35. The highest BCUT2D eigenvalue weighted by atomic mass is 79.9. The Hall–Kier alpha value is -1.08. The molecule has 0 aliphatic heterocycles. The molecule has 0 aromatic carbocycles. The Balaban J connectivity index is 2.66. The van der Waals surface area contributed by atoms with Crippen molar-refractivity contribution in [1.82, 2.24) is 15.5 Å². The summed E-state index contributed by atoms with van der Waals surface area (Å²) in [5.41, 5.74) is 5.79. The molecule has 0 fully saturated rings. The van der Waals surface area contributed by atoms with Gasteiger partial charge in [-0.15, -0.1) is 0 Å². The standard InChI is InChI=1S/C10H17BrN4O2/c1-10(2,3)17-9(16)14-7(4-12)8-6(11)5-13-15-8/h5,7H,4,12H2,1-3H3,(H,13,15)(H,14,16). The van der Waals surface area contributed by atoms with Crippen LogP contribution in [0.15, 0.2) is 10.7 Å². The summed E-state index contributed by atoms with van der Waals surface area (Å²) in [6, 6.07) is -0.360. The van der Waals surface area contributed by atoms with Gasteiger partial charge in [0.1, 0.15) is 5.60 Å². The van der Waals surface area contributed by atoms with E-state index < -0.39 is 11.7 Å². The highest BCUT2D eigenvalue weighted by Crippen LogP contribution is 2.20. The molecule has 1 aromatic heterocycles. The summed E-state index contributed by atoms with van der Waals surface area (Å²) in [6.45, 7) is 5.66. The molecule has 0 radical (unpaired) electrons. The molecule has 0 saturated carbocycles. The van der Waals surface area contributed by atoms with Gasteiger partial charge in [0.25, 0.3) is 0 Å². The van der Waals surface area contributed by atoms with Gasteiger partial charge in [-0.05, 0) is 36.7 Å². The van der Waals surface area contributed by atoms with Crippen LogP contribution in [-0.2, 0) is 4.74 Å². The number of nitrogens with zero attached hydrogens (tertiary/aromatic N) is 1. The van der Waals surface area contributed by atoms with Gasteiger partial charge in [-0.3, -0.25) is 5.10 Å². The van der Waals surface area contributed by atoms with Gasteiger partial charge in [-0.25, -0.2) is 4.79 Å². The van der Waals surface area contributed by atoms with Crippen LogP contribution in [0, 0.1) is 0 Å². The maximum Gasteiger partial charge on any atom is 0.408 e. The van der Waals surface area contributed by atoms with E-state index in [4.69, 9.17) is 10.5 Å². The maximum absolute atomic E-state index is 11.6. The molecule has 1 amide bonds. The van der Waals surface area contributed by atoms with Crippen molar-refractivity contribution < 1.29 is 9.53 Å². The van der Waals surface area contributed by atoms with Gasteiger partial charge in [0, 0.05) is 6.54 Å². The minimum atomic E-state index is -0.533. The highest BCUT2D eigenvalue weighted by molar-refractivity contribution is 9.10. The van der Waals surface area contributed by atoms with Crippen LogP contribution in [0.25, 0.3) is 0 Å². The Morgan fingerprint density at radius 2 is 2.35 bits per heavy atom. The lowest BCUT2D eigenvalue weighted by Crippen LogP contribution is -2.38. The fourth-order valence-corrected chi connectivity index (χ4v) is 1.69. The number of carbonyl (C=O) groups excluding carboxylic acids is 1. The fraction of sp³-hybridized carbons (Fsp3) is 0.600. The van der Waals surface area contributed by atoms with Gasteiger partial charge in [-0.2, -0.15) is 5.10 Å². The number of hydrogen-bond acceptors (Lipinski definition) is 4. The number of aromatic nitrogens is 2. The minimum absolute atomic E-state index is 0.250. The van der Waals surface area contributed by atoms with Crippen molar-refractivity contribution in [1.29, 1.82) is 0 Å². The number of nitrogens with two attached hydrogens (primary N) is 1. The predicted octanol–water partition coefficient (Wildman–Crippen LogP) is 1.70. The average Bonchev–Trinajstić information content (AvgIpc) is 2.58. The van der Waals surface area contributed by atoms with E-state index in [-0.39, 0.29) is 12.6 Å². The molecule has 1 heterocycles. The second kappa shape index (κ2) is 5.50. The van der Waals surface area contributed by atoms with Crippen LogP contribution in [0.3, 0.4) is 0 Å². The summed E-state index contributed by atoms with van der Waals surface area (Å²) in [6.07, 6.45) is 1.10. The van der Waals surface area contributed by atoms with Crippen molar-refractivity contribution in [2.45, 2.75) is 32.4 Å². The Kier molecular flexibility index (Phi) is 4.53. The number of alkyl carbamates (subject to hydrolysis) is 1. The van der Waals surface area contributed by atoms with Crippen molar-refractivity contribution in [3.05, 3.63) is 16.4 Å². The molecule has 6 nitrogen and oxygen atoms in total. The Labute approximate surface area is 108 Å². The lowest BCUT2D eigenvalue weighted by atomic mass is 10.2. The van der Waals surface area contributed by atoms with E-state index in [2.05, 4.69) is 31.4 Å². The molecule has 0 saturated heterocycles. The van der Waals surface area contributed by atoms with Gasteiger partial charge in [0.15, 0.2) is 0 Å². The normalized spacial score (nSPS) is 13.2. The SMILES string of the molecule is CC(C)(C)OC(=O)NC(CN)c1[nH]ncc1Br. The molecule has 0 bridgehead atoms. The second-order valence-corrected chi connectivity index (χ2v) is 5.42. The largest absolute Gasteiger partial charge is 0.444 e. The molecule has 0 aliphatic rings. The minimum Gasteiger partial charge on any atom is -0.444 e. The monoisotopic (exact) mass is 304 g/mol. The predicted molar refractivity (Wildman–Crippen MR) is 67.5 cm³/mol. The number of nitrogens with one attached hydrogen (secondary N) is 2. The van der Waals surface area contributed by atoms with Crippen LogP contribution in [0.1, 0.15) is 32.5 Å². The summed E-state index contributed by atoms with van der Waals surface area (Å²) < 4.78 is 5.92. The van der Waals surface area contributed by atoms with Crippen LogP contribution >= 0.6 is 15.9 Å². The second-order valence-electron chi connectivity index (χ2n) is 4.57. The summed E-state index contributed by atoms with van der Waals surface area (Å²) in [4.78, 5) is 11.6. The molecule has 96 valence electrons. The first-order valence-electron chi connectivity index (χ1n) is 5.22. The van der Waals surface area contributed by atoms with Gasteiger partial charge in [-0.1, -0.05) is 0 Å². The number of aromatic amines is 1. The molecular formula is C10H17BrN4O2. The van der Waals surface area contributed by atoms with Crippen LogP contribution in [0.2, 0.25) is 0 Å². The number of amides is 1. The fourth-order valence-electron chi connectivity index (χ4n) is 1.22. The topological polar surface area (TPSA) is 93.0 Å². The average molecular weight is 305 g/mol. The van der Waals surface area contributed by atoms with Gasteiger partial charge >= 0.3 is 6.09 Å². The van der Waals surface area contributed by atoms with E-state index in [1.807, 2.05) is 0 Å². The van der Waals surface area contributed by atoms with Gasteiger partial charge in [0.05, 0.1) is 22.4 Å². The van der Waals surface area contributed by atoms with Crippen LogP contribution in [0.4, 0.5) is 4.79 Å². The quantitative estimate of drug-likeness (QED) is 0.792. The highest BCUT2D eigenvalue weighted by Gasteiger charge is 2.21. The lowest BCUT2D eigenvalue weighted by molar-refractivity contribution is 0.0504. The molecule has 1 rings (SSSR count). The van der Waals surface area contributed by atoms with Crippen molar-refractivity contribution in [3.8, 4) is 0 Å². The van der Waals surface area contributed by atoms with Crippen molar-refractivity contribution in [2.24, 2.45) is 5.73 Å². The zero-order chi connectivity index (χ0) is 13.1. The van der Waals surface area contributed by atoms with Crippen LogP contribution in [-0.4, -0.2) is 28.4 Å². The van der Waals surface area contributed by atoms with Crippen LogP contribution < -0.4 is 11.1 Å². The Bertz CT molecular complexity index is 386. The smallest absolute Gasteiger partial charge is 0.408 e. The number of halogens is 1. The Morgan fingerprint density at radius 1 is 1.71 bits per heavy atom. The molecule has 0 spiro atoms. The zero-order valence-electron chi connectivity index (χ0n) is 10.1. The first-order valence-corrected chi connectivity index (χ1v) is 6.01. The number of rotatable bonds is 3. The molecule has 7 heteroatoms. The molecule has 17 heavy (non-hydrogen) atoms. The maximum atomic E-state index is 11.6. The van der Waals surface area contributed by atoms with Crippen molar-refractivity contribution in [3.63, 3.8) is 0 Å². The summed E-state index contributed by atoms with van der Waals surface area (Å²) in [5, 5.41) is 9.31. The molecule has 4 N–H and O–H groups in total. The van der Waals surface area contributed by atoms with E-state index in [9.17, 15) is 4.79 Å².